The maximum atomic E-state index is 13.2. The van der Waals surface area contributed by atoms with E-state index in [-0.39, 0.29) is 11.3 Å². The van der Waals surface area contributed by atoms with E-state index in [1.165, 1.54) is 12.1 Å². The van der Waals surface area contributed by atoms with E-state index < -0.39 is 11.6 Å². The molecule has 0 spiro atoms. The second kappa shape index (κ2) is 5.96. The van der Waals surface area contributed by atoms with Crippen molar-refractivity contribution in [2.45, 2.75) is 32.7 Å². The van der Waals surface area contributed by atoms with Crippen molar-refractivity contribution in [3.63, 3.8) is 0 Å². The molecule has 17 heavy (non-hydrogen) atoms. The Morgan fingerprint density at radius 2 is 2.00 bits per heavy atom. The van der Waals surface area contributed by atoms with Crippen LogP contribution in [0.4, 0.5) is 8.78 Å². The molecular formula is C13H19F2NO. The van der Waals surface area contributed by atoms with Gasteiger partial charge in [-0.3, -0.25) is 0 Å². The van der Waals surface area contributed by atoms with E-state index >= 15 is 0 Å². The summed E-state index contributed by atoms with van der Waals surface area (Å²) in [7, 11) is 0. The van der Waals surface area contributed by atoms with Crippen LogP contribution in [0.5, 0.6) is 5.75 Å². The third-order valence-electron chi connectivity index (χ3n) is 2.74. The minimum Gasteiger partial charge on any atom is -0.489 e. The fraction of sp³-hybridized carbons (Fsp3) is 0.538. The standard InChI is InChI=1S/C13H19F2NO/c1-4-13(2,3)16-7-8-17-12-6-5-10(14)9-11(12)15/h5-6,9,16H,4,7-8H2,1-3H3. The van der Waals surface area contributed by atoms with Crippen LogP contribution in [0.25, 0.3) is 0 Å². The Labute approximate surface area is 101 Å². The van der Waals surface area contributed by atoms with E-state index in [1.807, 2.05) is 0 Å². The van der Waals surface area contributed by atoms with Gasteiger partial charge in [0.15, 0.2) is 11.6 Å². The van der Waals surface area contributed by atoms with E-state index in [9.17, 15) is 8.78 Å². The Morgan fingerprint density at radius 3 is 2.59 bits per heavy atom. The molecule has 0 amide bonds. The summed E-state index contributed by atoms with van der Waals surface area (Å²) in [6, 6.07) is 3.30. The molecule has 1 aromatic carbocycles. The molecule has 1 N–H and O–H groups in total. The summed E-state index contributed by atoms with van der Waals surface area (Å²) in [5.41, 5.74) is 0.0463. The van der Waals surface area contributed by atoms with Gasteiger partial charge in [-0.2, -0.15) is 0 Å². The highest BCUT2D eigenvalue weighted by Crippen LogP contribution is 2.17. The summed E-state index contributed by atoms with van der Waals surface area (Å²) in [6.07, 6.45) is 0.998. The van der Waals surface area contributed by atoms with Crippen LogP contribution < -0.4 is 10.1 Å². The Balaban J connectivity index is 2.36. The van der Waals surface area contributed by atoms with Gasteiger partial charge in [0.25, 0.3) is 0 Å². The Kier molecular flexibility index (Phi) is 4.87. The van der Waals surface area contributed by atoms with Crippen LogP contribution in [0.2, 0.25) is 0 Å². The molecule has 0 heterocycles. The van der Waals surface area contributed by atoms with Gasteiger partial charge >= 0.3 is 0 Å². The first kappa shape index (κ1) is 13.9. The van der Waals surface area contributed by atoms with Crippen molar-refractivity contribution < 1.29 is 13.5 Å². The van der Waals surface area contributed by atoms with Crippen molar-refractivity contribution in [3.8, 4) is 5.75 Å². The summed E-state index contributed by atoms with van der Waals surface area (Å²) in [4.78, 5) is 0. The summed E-state index contributed by atoms with van der Waals surface area (Å²) in [5.74, 6) is -1.18. The van der Waals surface area contributed by atoms with Crippen molar-refractivity contribution in [1.29, 1.82) is 0 Å². The van der Waals surface area contributed by atoms with Crippen LogP contribution in [-0.2, 0) is 0 Å². The highest BCUT2D eigenvalue weighted by molar-refractivity contribution is 5.24. The van der Waals surface area contributed by atoms with E-state index in [4.69, 9.17) is 4.74 Å². The highest BCUT2D eigenvalue weighted by Gasteiger charge is 2.13. The molecule has 0 bridgehead atoms. The largest absolute Gasteiger partial charge is 0.489 e. The SMILES string of the molecule is CCC(C)(C)NCCOc1ccc(F)cc1F. The minimum absolute atomic E-state index is 0.0463. The summed E-state index contributed by atoms with van der Waals surface area (Å²) in [6.45, 7) is 7.24. The molecule has 0 aliphatic heterocycles. The van der Waals surface area contributed by atoms with Crippen molar-refractivity contribution in [2.24, 2.45) is 0 Å². The van der Waals surface area contributed by atoms with Gasteiger partial charge in [0.05, 0.1) is 0 Å². The van der Waals surface area contributed by atoms with Gasteiger partial charge in [0, 0.05) is 18.2 Å². The highest BCUT2D eigenvalue weighted by atomic mass is 19.1. The van der Waals surface area contributed by atoms with E-state index in [2.05, 4.69) is 26.1 Å². The first-order valence-corrected chi connectivity index (χ1v) is 5.77. The number of ether oxygens (including phenoxy) is 1. The second-order valence-electron chi connectivity index (χ2n) is 4.59. The van der Waals surface area contributed by atoms with Crippen LogP contribution in [-0.4, -0.2) is 18.7 Å². The first-order valence-electron chi connectivity index (χ1n) is 5.77. The molecule has 0 saturated heterocycles. The molecule has 4 heteroatoms. The molecule has 0 aliphatic carbocycles. The van der Waals surface area contributed by atoms with Crippen molar-refractivity contribution >= 4 is 0 Å². The average Bonchev–Trinajstić information content (AvgIpc) is 2.27. The number of hydrogen-bond acceptors (Lipinski definition) is 2. The Morgan fingerprint density at radius 1 is 1.29 bits per heavy atom. The summed E-state index contributed by atoms with van der Waals surface area (Å²) < 4.78 is 31.0. The van der Waals surface area contributed by atoms with Gasteiger partial charge in [0.1, 0.15) is 12.4 Å². The van der Waals surface area contributed by atoms with E-state index in [1.54, 1.807) is 0 Å². The van der Waals surface area contributed by atoms with Gasteiger partial charge in [-0.15, -0.1) is 0 Å². The summed E-state index contributed by atoms with van der Waals surface area (Å²) >= 11 is 0. The average molecular weight is 243 g/mol. The zero-order chi connectivity index (χ0) is 12.9. The fourth-order valence-corrected chi connectivity index (χ4v) is 1.27. The van der Waals surface area contributed by atoms with Crippen molar-refractivity contribution in [2.75, 3.05) is 13.2 Å². The molecule has 0 unspecified atom stereocenters. The molecular weight excluding hydrogens is 224 g/mol. The predicted octanol–water partition coefficient (Wildman–Crippen LogP) is 3.12. The molecule has 96 valence electrons. The molecule has 0 aliphatic rings. The Hall–Kier alpha value is -1.16. The van der Waals surface area contributed by atoms with Crippen LogP contribution in [0, 0.1) is 11.6 Å². The van der Waals surface area contributed by atoms with Crippen LogP contribution in [0.3, 0.4) is 0 Å². The normalized spacial score (nSPS) is 11.6. The van der Waals surface area contributed by atoms with E-state index in [0.717, 1.165) is 12.5 Å². The fourth-order valence-electron chi connectivity index (χ4n) is 1.27. The predicted molar refractivity (Wildman–Crippen MR) is 64.2 cm³/mol. The molecule has 0 atom stereocenters. The lowest BCUT2D eigenvalue weighted by Crippen LogP contribution is -2.40. The van der Waals surface area contributed by atoms with Crippen molar-refractivity contribution in [3.05, 3.63) is 29.8 Å². The lowest BCUT2D eigenvalue weighted by atomic mass is 10.0. The number of halogens is 2. The van der Waals surface area contributed by atoms with Gasteiger partial charge in [0.2, 0.25) is 0 Å². The van der Waals surface area contributed by atoms with Gasteiger partial charge in [-0.05, 0) is 32.4 Å². The number of nitrogens with one attached hydrogen (secondary N) is 1. The number of benzene rings is 1. The number of hydrogen-bond donors (Lipinski definition) is 1. The third-order valence-corrected chi connectivity index (χ3v) is 2.74. The minimum atomic E-state index is -0.667. The molecule has 0 aromatic heterocycles. The first-order chi connectivity index (χ1) is 7.94. The third kappa shape index (κ3) is 4.69. The van der Waals surface area contributed by atoms with Crippen molar-refractivity contribution in [1.82, 2.24) is 5.32 Å². The molecule has 1 aromatic rings. The maximum Gasteiger partial charge on any atom is 0.167 e. The van der Waals surface area contributed by atoms with Crippen LogP contribution in [0.15, 0.2) is 18.2 Å². The van der Waals surface area contributed by atoms with Gasteiger partial charge < -0.3 is 10.1 Å². The van der Waals surface area contributed by atoms with Crippen LogP contribution in [0.1, 0.15) is 27.2 Å². The number of rotatable bonds is 6. The monoisotopic (exact) mass is 243 g/mol. The zero-order valence-electron chi connectivity index (χ0n) is 10.5. The Bertz CT molecular complexity index is 366. The zero-order valence-corrected chi connectivity index (χ0v) is 10.5. The van der Waals surface area contributed by atoms with Gasteiger partial charge in [-0.25, -0.2) is 8.78 Å². The molecule has 0 radical (unpaired) electrons. The second-order valence-corrected chi connectivity index (χ2v) is 4.59. The van der Waals surface area contributed by atoms with Crippen LogP contribution >= 0.6 is 0 Å². The molecule has 0 saturated carbocycles. The summed E-state index contributed by atoms with van der Waals surface area (Å²) in [5, 5.41) is 3.29. The quantitative estimate of drug-likeness (QED) is 0.775. The molecule has 2 nitrogen and oxygen atoms in total. The maximum absolute atomic E-state index is 13.2. The van der Waals surface area contributed by atoms with E-state index in [0.29, 0.717) is 13.2 Å². The van der Waals surface area contributed by atoms with Gasteiger partial charge in [-0.1, -0.05) is 6.92 Å². The lowest BCUT2D eigenvalue weighted by molar-refractivity contribution is 0.270. The smallest absolute Gasteiger partial charge is 0.167 e. The lowest BCUT2D eigenvalue weighted by Gasteiger charge is -2.24. The molecule has 1 rings (SSSR count). The molecule has 0 fully saturated rings. The topological polar surface area (TPSA) is 21.3 Å².